The molecular formula is C20H33F6NO2. The molecular weight excluding hydrogens is 400 g/mol. The van der Waals surface area contributed by atoms with Gasteiger partial charge in [0.25, 0.3) is 0 Å². The Balaban J connectivity index is 3.91. The second-order valence-corrected chi connectivity index (χ2v) is 7.35. The average Bonchev–Trinajstić information content (AvgIpc) is 2.62. The van der Waals surface area contributed by atoms with Crippen molar-refractivity contribution in [2.45, 2.75) is 109 Å². The number of hydrogen-bond donors (Lipinski definition) is 0. The first-order valence-corrected chi connectivity index (χ1v) is 10.5. The Morgan fingerprint density at radius 2 is 0.828 bits per heavy atom. The fourth-order valence-electron chi connectivity index (χ4n) is 3.07. The highest BCUT2D eigenvalue weighted by molar-refractivity contribution is 6.00. The average molecular weight is 433 g/mol. The van der Waals surface area contributed by atoms with E-state index in [1.165, 1.54) is 44.9 Å². The molecule has 3 nitrogen and oxygen atoms in total. The van der Waals surface area contributed by atoms with Gasteiger partial charge >= 0.3 is 24.2 Å². The molecule has 0 radical (unpaired) electrons. The van der Waals surface area contributed by atoms with Gasteiger partial charge in [0.2, 0.25) is 0 Å². The zero-order valence-electron chi connectivity index (χ0n) is 17.1. The van der Waals surface area contributed by atoms with Crippen LogP contribution in [0.4, 0.5) is 26.3 Å². The van der Waals surface area contributed by atoms with Crippen LogP contribution in [0.25, 0.3) is 0 Å². The summed E-state index contributed by atoms with van der Waals surface area (Å²) in [6, 6.07) is 0. The Bertz CT molecular complexity index is 437. The molecule has 0 N–H and O–H groups in total. The van der Waals surface area contributed by atoms with Gasteiger partial charge in [-0.25, -0.2) is 0 Å². The molecule has 0 aromatic rings. The van der Waals surface area contributed by atoms with Crippen molar-refractivity contribution in [2.24, 2.45) is 0 Å². The minimum atomic E-state index is -5.52. The first-order valence-electron chi connectivity index (χ1n) is 10.5. The van der Waals surface area contributed by atoms with Crippen molar-refractivity contribution < 1.29 is 35.9 Å². The summed E-state index contributed by atoms with van der Waals surface area (Å²) in [7, 11) is 0. The van der Waals surface area contributed by atoms with Crippen molar-refractivity contribution in [3.8, 4) is 0 Å². The third-order valence-electron chi connectivity index (χ3n) is 4.71. The largest absolute Gasteiger partial charge is 0.471 e. The Hall–Kier alpha value is -1.28. The molecule has 9 heteroatoms. The number of rotatable bonds is 15. The number of alkyl halides is 6. The van der Waals surface area contributed by atoms with Gasteiger partial charge in [0.05, 0.1) is 0 Å². The number of nitrogens with zero attached hydrogens (tertiary/aromatic N) is 1. The van der Waals surface area contributed by atoms with E-state index in [0.29, 0.717) is 12.8 Å². The number of amides is 2. The van der Waals surface area contributed by atoms with E-state index >= 15 is 0 Å². The van der Waals surface area contributed by atoms with Crippen LogP contribution in [0.3, 0.4) is 0 Å². The van der Waals surface area contributed by atoms with Crippen LogP contribution in [0.1, 0.15) is 96.8 Å². The Labute approximate surface area is 169 Å². The number of unbranched alkanes of at least 4 members (excludes halogenated alkanes) is 13. The topological polar surface area (TPSA) is 37.4 Å². The molecule has 0 aliphatic rings. The Kier molecular flexibility index (Phi) is 14.0. The lowest BCUT2D eigenvalue weighted by Crippen LogP contribution is -2.50. The van der Waals surface area contributed by atoms with Crippen LogP contribution < -0.4 is 0 Å². The number of halogens is 6. The Morgan fingerprint density at radius 3 is 1.10 bits per heavy atom. The molecule has 0 unspecified atom stereocenters. The number of hydrogen-bond acceptors (Lipinski definition) is 2. The van der Waals surface area contributed by atoms with Crippen molar-refractivity contribution in [1.82, 2.24) is 4.90 Å². The maximum atomic E-state index is 12.4. The van der Waals surface area contributed by atoms with Crippen molar-refractivity contribution in [3.05, 3.63) is 0 Å². The summed E-state index contributed by atoms with van der Waals surface area (Å²) in [5.74, 6) is -5.54. The van der Waals surface area contributed by atoms with Crippen molar-refractivity contribution in [2.75, 3.05) is 6.54 Å². The second-order valence-electron chi connectivity index (χ2n) is 7.35. The van der Waals surface area contributed by atoms with Gasteiger partial charge in [-0.2, -0.15) is 26.3 Å². The van der Waals surface area contributed by atoms with E-state index in [9.17, 15) is 35.9 Å². The first kappa shape index (κ1) is 27.7. The second kappa shape index (κ2) is 14.7. The predicted molar refractivity (Wildman–Crippen MR) is 99.1 cm³/mol. The fraction of sp³-hybridized carbons (Fsp3) is 0.900. The van der Waals surface area contributed by atoms with Gasteiger partial charge in [0.1, 0.15) is 0 Å². The molecule has 0 aromatic carbocycles. The molecule has 0 fully saturated rings. The van der Waals surface area contributed by atoms with Crippen molar-refractivity contribution >= 4 is 11.8 Å². The van der Waals surface area contributed by atoms with E-state index in [1.807, 2.05) is 0 Å². The third-order valence-corrected chi connectivity index (χ3v) is 4.71. The van der Waals surface area contributed by atoms with Crippen LogP contribution in [0, 0.1) is 0 Å². The van der Waals surface area contributed by atoms with Crippen molar-refractivity contribution in [1.29, 1.82) is 0 Å². The zero-order valence-corrected chi connectivity index (χ0v) is 17.1. The molecule has 0 aromatic heterocycles. The van der Waals surface area contributed by atoms with Gasteiger partial charge in [-0.15, -0.1) is 0 Å². The Morgan fingerprint density at radius 1 is 0.552 bits per heavy atom. The molecule has 0 aliphatic carbocycles. The fourth-order valence-corrected chi connectivity index (χ4v) is 3.07. The molecule has 0 bridgehead atoms. The summed E-state index contributed by atoms with van der Waals surface area (Å²) < 4.78 is 74.5. The monoisotopic (exact) mass is 433 g/mol. The van der Waals surface area contributed by atoms with Crippen molar-refractivity contribution in [3.63, 3.8) is 0 Å². The van der Waals surface area contributed by atoms with E-state index in [2.05, 4.69) is 6.92 Å². The van der Waals surface area contributed by atoms with Gasteiger partial charge in [-0.1, -0.05) is 90.4 Å². The summed E-state index contributed by atoms with van der Waals surface area (Å²) in [6.07, 6.45) is 2.60. The summed E-state index contributed by atoms with van der Waals surface area (Å²) in [5.41, 5.74) is 0. The number of carbonyl (C=O) groups is 2. The summed E-state index contributed by atoms with van der Waals surface area (Å²) in [5, 5.41) is 0. The SMILES string of the molecule is CCCCCCCCCCCCCCCCN(C(=O)C(F)(F)F)C(=O)C(F)(F)F. The lowest BCUT2D eigenvalue weighted by Gasteiger charge is -2.22. The van der Waals surface area contributed by atoms with Gasteiger partial charge in [0.15, 0.2) is 0 Å². The van der Waals surface area contributed by atoms with Gasteiger partial charge in [-0.3, -0.25) is 14.5 Å². The lowest BCUT2D eigenvalue weighted by molar-refractivity contribution is -0.204. The highest BCUT2D eigenvalue weighted by Crippen LogP contribution is 2.25. The van der Waals surface area contributed by atoms with Crippen LogP contribution >= 0.6 is 0 Å². The van der Waals surface area contributed by atoms with Crippen LogP contribution in [0.2, 0.25) is 0 Å². The normalized spacial score (nSPS) is 12.2. The van der Waals surface area contributed by atoms with E-state index in [4.69, 9.17) is 0 Å². The summed E-state index contributed by atoms with van der Waals surface area (Å²) in [6.45, 7) is 1.30. The quantitative estimate of drug-likeness (QED) is 0.207. The molecule has 0 atom stereocenters. The highest BCUT2D eigenvalue weighted by Gasteiger charge is 2.51. The molecule has 0 rings (SSSR count). The highest BCUT2D eigenvalue weighted by atomic mass is 19.4. The maximum Gasteiger partial charge on any atom is 0.471 e. The standard InChI is InChI=1S/C20H33F6NO2/c1-2-3-4-5-6-7-8-9-10-11-12-13-14-15-16-27(17(28)19(21,22)23)18(29)20(24,25)26/h2-16H2,1H3. The van der Waals surface area contributed by atoms with Gasteiger partial charge < -0.3 is 0 Å². The zero-order chi connectivity index (χ0) is 22.3. The van der Waals surface area contributed by atoms with E-state index in [-0.39, 0.29) is 6.42 Å². The predicted octanol–water partition coefficient (Wildman–Crippen LogP) is 6.95. The molecule has 2 amide bonds. The molecule has 0 heterocycles. The van der Waals surface area contributed by atoms with E-state index in [0.717, 1.165) is 25.7 Å². The molecule has 0 spiro atoms. The third kappa shape index (κ3) is 13.5. The summed E-state index contributed by atoms with van der Waals surface area (Å²) >= 11 is 0. The molecule has 0 aliphatic heterocycles. The van der Waals surface area contributed by atoms with Crippen LogP contribution in [0.5, 0.6) is 0 Å². The van der Waals surface area contributed by atoms with Crippen LogP contribution in [0.15, 0.2) is 0 Å². The lowest BCUT2D eigenvalue weighted by atomic mass is 10.0. The summed E-state index contributed by atoms with van der Waals surface area (Å²) in [4.78, 5) is 21.5. The number of carbonyl (C=O) groups excluding carboxylic acids is 2. The maximum absolute atomic E-state index is 12.4. The molecule has 0 saturated heterocycles. The van der Waals surface area contributed by atoms with E-state index < -0.39 is 35.6 Å². The van der Waals surface area contributed by atoms with Crippen LogP contribution in [-0.2, 0) is 9.59 Å². The van der Waals surface area contributed by atoms with Gasteiger partial charge in [0, 0.05) is 6.54 Å². The van der Waals surface area contributed by atoms with Gasteiger partial charge in [-0.05, 0) is 6.42 Å². The minimum absolute atomic E-state index is 0.0819. The van der Waals surface area contributed by atoms with E-state index in [1.54, 1.807) is 0 Å². The number of imide groups is 1. The molecule has 0 saturated carbocycles. The minimum Gasteiger partial charge on any atom is -0.267 e. The first-order chi connectivity index (χ1) is 13.5. The molecule has 172 valence electrons. The smallest absolute Gasteiger partial charge is 0.267 e. The van der Waals surface area contributed by atoms with Crippen LogP contribution in [-0.4, -0.2) is 35.6 Å². The molecule has 29 heavy (non-hydrogen) atoms.